The Morgan fingerprint density at radius 1 is 1.06 bits per heavy atom. The first-order valence-electron chi connectivity index (χ1n) is 4.83. The predicted molar refractivity (Wildman–Crippen MR) is 59.0 cm³/mol. The number of rotatable bonds is 4. The Bertz CT molecular complexity index is 244. The second-order valence-electron chi connectivity index (χ2n) is 3.39. The average Bonchev–Trinajstić information content (AvgIpc) is 2.26. The van der Waals surface area contributed by atoms with E-state index in [0.717, 1.165) is 0 Å². The van der Waals surface area contributed by atoms with E-state index >= 15 is 0 Å². The van der Waals surface area contributed by atoms with Crippen LogP contribution < -0.4 is 11.5 Å². The van der Waals surface area contributed by atoms with Crippen LogP contribution >= 0.6 is 0 Å². The number of carbonyl (C=O) groups excluding carboxylic acids is 1. The van der Waals surface area contributed by atoms with Crippen molar-refractivity contribution in [1.29, 1.82) is 0 Å². The van der Waals surface area contributed by atoms with Gasteiger partial charge in [0.2, 0.25) is 0 Å². The Morgan fingerprint density at radius 3 is 1.47 bits per heavy atom. The Hall–Kier alpha value is -1.22. The zero-order valence-electron chi connectivity index (χ0n) is 10.0. The minimum absolute atomic E-state index is 0.593. The topological polar surface area (TPSA) is 156 Å². The number of carbonyl (C=O) groups is 2. The van der Waals surface area contributed by atoms with Crippen LogP contribution in [0.5, 0.6) is 0 Å². The largest absolute Gasteiger partial charge is 0.480 e. The van der Waals surface area contributed by atoms with E-state index in [-0.39, 0.29) is 0 Å². The first-order chi connectivity index (χ1) is 7.64. The highest BCUT2D eigenvalue weighted by Gasteiger charge is 2.18. The number of aliphatic hydroxyl groups is 2. The molecule has 0 spiro atoms. The van der Waals surface area contributed by atoms with Gasteiger partial charge in [-0.2, -0.15) is 0 Å². The van der Waals surface area contributed by atoms with Crippen LogP contribution in [0.15, 0.2) is 0 Å². The molecule has 0 rings (SSSR count). The molecule has 8 nitrogen and oxygen atoms in total. The molecule has 17 heavy (non-hydrogen) atoms. The first kappa shape index (κ1) is 18.2. The lowest BCUT2D eigenvalue weighted by atomic mass is 10.2. The van der Waals surface area contributed by atoms with Crippen LogP contribution in [-0.4, -0.2) is 58.7 Å². The summed E-state index contributed by atoms with van der Waals surface area (Å²) in [6, 6.07) is -2.08. The molecule has 0 aromatic rings. The molecule has 0 aliphatic carbocycles. The van der Waals surface area contributed by atoms with Crippen LogP contribution in [0.25, 0.3) is 0 Å². The fourth-order valence-electron chi connectivity index (χ4n) is 0.539. The maximum Gasteiger partial charge on any atom is 0.325 e. The van der Waals surface area contributed by atoms with Gasteiger partial charge in [0, 0.05) is 0 Å². The summed E-state index contributed by atoms with van der Waals surface area (Å²) in [6.45, 7) is 2.76. The molecular formula is C9H20N2O6. The first-order valence-corrected chi connectivity index (χ1v) is 4.83. The Labute approximate surface area is 99.2 Å². The monoisotopic (exact) mass is 252 g/mol. The summed E-state index contributed by atoms with van der Waals surface area (Å²) in [5.74, 6) is -1.77. The third-order valence-electron chi connectivity index (χ3n) is 1.80. The normalized spacial score (nSPS) is 16.9. The van der Waals surface area contributed by atoms with E-state index in [4.69, 9.17) is 26.8 Å². The smallest absolute Gasteiger partial charge is 0.325 e. The molecule has 0 amide bonds. The number of ether oxygens (including phenoxy) is 1. The van der Waals surface area contributed by atoms with Gasteiger partial charge in [-0.1, -0.05) is 0 Å². The van der Waals surface area contributed by atoms with Gasteiger partial charge in [-0.05, 0) is 13.8 Å². The molecule has 7 N–H and O–H groups in total. The minimum atomic E-state index is -1.18. The number of aliphatic carboxylic acids is 1. The highest BCUT2D eigenvalue weighted by Crippen LogP contribution is 1.89. The Balaban J connectivity index is 0. The maximum atomic E-state index is 10.4. The zero-order valence-corrected chi connectivity index (χ0v) is 10.0. The number of nitrogens with two attached hydrogens (primary N) is 2. The Morgan fingerprint density at radius 2 is 1.41 bits per heavy atom. The summed E-state index contributed by atoms with van der Waals surface area (Å²) in [5.41, 5.74) is 10.1. The molecule has 0 aliphatic rings. The Kier molecular flexibility index (Phi) is 9.48. The molecule has 102 valence electrons. The molecule has 0 unspecified atom stereocenters. The molecule has 0 radical (unpaired) electrons. The van der Waals surface area contributed by atoms with Crippen molar-refractivity contribution in [3.63, 3.8) is 0 Å². The summed E-state index contributed by atoms with van der Waals surface area (Å²) in [4.78, 5) is 20.3. The average molecular weight is 252 g/mol. The molecule has 0 saturated carbocycles. The lowest BCUT2D eigenvalue weighted by molar-refractivity contribution is -0.144. The second kappa shape index (κ2) is 8.88. The number of methoxy groups -OCH3 is 1. The molecule has 0 aromatic heterocycles. The van der Waals surface area contributed by atoms with Gasteiger partial charge in [-0.3, -0.25) is 9.59 Å². The number of carboxylic acid groups (broad SMARTS) is 1. The van der Waals surface area contributed by atoms with E-state index in [2.05, 4.69) is 4.74 Å². The predicted octanol–water partition coefficient (Wildman–Crippen LogP) is -2.35. The molecule has 0 heterocycles. The van der Waals surface area contributed by atoms with Crippen LogP contribution in [-0.2, 0) is 14.3 Å². The number of esters is 1. The summed E-state index contributed by atoms with van der Waals surface area (Å²) < 4.78 is 4.25. The van der Waals surface area contributed by atoms with Gasteiger partial charge in [-0.15, -0.1) is 0 Å². The van der Waals surface area contributed by atoms with Crippen LogP contribution in [0.3, 0.4) is 0 Å². The van der Waals surface area contributed by atoms with Gasteiger partial charge < -0.3 is 31.5 Å². The summed E-state index contributed by atoms with van der Waals surface area (Å²) >= 11 is 0. The zero-order chi connectivity index (χ0) is 14.2. The van der Waals surface area contributed by atoms with Crippen molar-refractivity contribution in [2.75, 3.05) is 7.11 Å². The fourth-order valence-corrected chi connectivity index (χ4v) is 0.539. The number of carboxylic acids is 1. The van der Waals surface area contributed by atoms with E-state index in [1.807, 2.05) is 0 Å². The van der Waals surface area contributed by atoms with Gasteiger partial charge >= 0.3 is 11.9 Å². The van der Waals surface area contributed by atoms with Crippen molar-refractivity contribution >= 4 is 11.9 Å². The number of hydrogen-bond donors (Lipinski definition) is 5. The van der Waals surface area contributed by atoms with E-state index in [9.17, 15) is 9.59 Å². The third-order valence-corrected chi connectivity index (χ3v) is 1.80. The van der Waals surface area contributed by atoms with Crippen molar-refractivity contribution in [2.45, 2.75) is 38.1 Å². The summed E-state index contributed by atoms with van der Waals surface area (Å²) in [7, 11) is 1.23. The highest BCUT2D eigenvalue weighted by atomic mass is 16.5. The molecule has 0 aromatic carbocycles. The molecule has 0 aliphatic heterocycles. The van der Waals surface area contributed by atoms with Crippen molar-refractivity contribution in [1.82, 2.24) is 0 Å². The van der Waals surface area contributed by atoms with Gasteiger partial charge in [0.25, 0.3) is 0 Å². The van der Waals surface area contributed by atoms with Crippen molar-refractivity contribution in [3.8, 4) is 0 Å². The fraction of sp³-hybridized carbons (Fsp3) is 0.778. The van der Waals surface area contributed by atoms with Crippen LogP contribution in [0.4, 0.5) is 0 Å². The molecular weight excluding hydrogens is 232 g/mol. The van der Waals surface area contributed by atoms with Gasteiger partial charge in [0.05, 0.1) is 19.3 Å². The maximum absolute atomic E-state index is 10.4. The van der Waals surface area contributed by atoms with E-state index < -0.39 is 36.2 Å². The summed E-state index contributed by atoms with van der Waals surface area (Å²) in [5, 5.41) is 25.2. The van der Waals surface area contributed by atoms with Crippen molar-refractivity contribution in [3.05, 3.63) is 0 Å². The van der Waals surface area contributed by atoms with Gasteiger partial charge in [0.1, 0.15) is 12.1 Å². The molecule has 0 saturated heterocycles. The molecule has 4 atom stereocenters. The van der Waals surface area contributed by atoms with Crippen molar-refractivity contribution in [2.24, 2.45) is 11.5 Å². The van der Waals surface area contributed by atoms with Crippen LogP contribution in [0.1, 0.15) is 13.8 Å². The lowest BCUT2D eigenvalue weighted by Gasteiger charge is -2.10. The van der Waals surface area contributed by atoms with Gasteiger partial charge in [-0.25, -0.2) is 0 Å². The van der Waals surface area contributed by atoms with Gasteiger partial charge in [0.15, 0.2) is 0 Å². The summed E-state index contributed by atoms with van der Waals surface area (Å²) in [6.07, 6.45) is -1.83. The van der Waals surface area contributed by atoms with Crippen molar-refractivity contribution < 1.29 is 29.6 Å². The molecule has 8 heteroatoms. The molecule has 0 fully saturated rings. The second-order valence-corrected chi connectivity index (χ2v) is 3.39. The van der Waals surface area contributed by atoms with E-state index in [1.165, 1.54) is 21.0 Å². The SMILES string of the molecule is COC(=O)[C@H](N)[C@@H](C)O.C[C@@H](O)[C@@H](N)C(=O)O. The van der Waals surface area contributed by atoms with E-state index in [0.29, 0.717) is 0 Å². The highest BCUT2D eigenvalue weighted by molar-refractivity contribution is 5.75. The standard InChI is InChI=1S/C5H11NO3.C4H9NO3/c1-3(7)4(6)5(8)9-2;1-2(6)3(5)4(7)8/h3-4,7H,6H2,1-2H3;2-3,6H,5H2,1H3,(H,7,8)/t3-,4-;2-,3-/m11/s1. The minimum Gasteiger partial charge on any atom is -0.480 e. The number of aliphatic hydroxyl groups excluding tert-OH is 2. The quantitative estimate of drug-likeness (QED) is 0.348. The lowest BCUT2D eigenvalue weighted by Crippen LogP contribution is -2.40. The van der Waals surface area contributed by atoms with Crippen LogP contribution in [0, 0.1) is 0 Å². The third kappa shape index (κ3) is 8.57. The number of hydrogen-bond acceptors (Lipinski definition) is 7. The van der Waals surface area contributed by atoms with Crippen LogP contribution in [0.2, 0.25) is 0 Å². The van der Waals surface area contributed by atoms with E-state index in [1.54, 1.807) is 0 Å². The molecule has 0 bridgehead atoms.